The first kappa shape index (κ1) is 19.0. The minimum atomic E-state index is -5.08. The number of nitrogens with zero attached hydrogens (tertiary/aromatic N) is 1. The van der Waals surface area contributed by atoms with E-state index in [4.69, 9.17) is 20.7 Å². The van der Waals surface area contributed by atoms with Crippen LogP contribution in [0.1, 0.15) is 6.42 Å². The number of carbonyl (C=O) groups excluding carboxylic acids is 1. The van der Waals surface area contributed by atoms with E-state index in [0.717, 1.165) is 5.06 Å². The van der Waals surface area contributed by atoms with Crippen molar-refractivity contribution in [3.8, 4) is 0 Å². The van der Waals surface area contributed by atoms with Gasteiger partial charge >= 0.3 is 12.1 Å². The minimum absolute atomic E-state index is 0.000833. The molecule has 0 aliphatic heterocycles. The molecule has 7 nitrogen and oxygen atoms in total. The van der Waals surface area contributed by atoms with Crippen molar-refractivity contribution in [1.82, 2.24) is 5.06 Å². The van der Waals surface area contributed by atoms with Crippen LogP contribution in [0.4, 0.5) is 13.2 Å². The molecule has 108 valence electrons. The van der Waals surface area contributed by atoms with E-state index in [1.165, 1.54) is 14.2 Å². The van der Waals surface area contributed by atoms with Crippen LogP contribution in [0.15, 0.2) is 0 Å². The summed E-state index contributed by atoms with van der Waals surface area (Å²) in [5.41, 5.74) is 5.10. The fourth-order valence-electron chi connectivity index (χ4n) is 0.515. The summed E-state index contributed by atoms with van der Waals surface area (Å²) in [4.78, 5) is 24.4. The number of carboxylic acids is 1. The van der Waals surface area contributed by atoms with E-state index in [1.54, 1.807) is 0 Å². The Morgan fingerprint density at radius 3 is 2.06 bits per heavy atom. The number of carbonyl (C=O) groups is 2. The molecule has 0 aliphatic rings. The third-order valence-corrected chi connectivity index (χ3v) is 1.55. The largest absolute Gasteiger partial charge is 0.490 e. The van der Waals surface area contributed by atoms with E-state index in [0.29, 0.717) is 0 Å². The topological polar surface area (TPSA) is 113 Å². The predicted molar refractivity (Wildman–Crippen MR) is 53.1 cm³/mol. The average Bonchev–Trinajstić information content (AvgIpc) is 2.27. The molecular formula is C8H15F3N2O5. The Kier molecular flexibility index (Phi) is 9.13. The second kappa shape index (κ2) is 8.66. The van der Waals surface area contributed by atoms with E-state index in [1.807, 2.05) is 0 Å². The molecule has 1 unspecified atom stereocenters. The summed E-state index contributed by atoms with van der Waals surface area (Å²) < 4.78 is 31.7. The van der Waals surface area contributed by atoms with Gasteiger partial charge in [0, 0.05) is 13.6 Å². The number of aliphatic hydroxyl groups excluding tert-OH is 1. The number of aliphatic carboxylic acids is 1. The van der Waals surface area contributed by atoms with Crippen molar-refractivity contribution < 1.29 is 37.8 Å². The molecule has 18 heavy (non-hydrogen) atoms. The minimum Gasteiger partial charge on any atom is -0.475 e. The number of halogens is 3. The highest BCUT2D eigenvalue weighted by Crippen LogP contribution is 2.13. The normalized spacial score (nSPS) is 12.2. The standard InChI is InChI=1S/C6H14N2O3.C2HF3O2/c1-8(11-2)6(10)3-5(9)4-7;3-2(4,5)1(6)7/h5,9H,3-4,7H2,1-2H3;(H,6,7). The van der Waals surface area contributed by atoms with Crippen molar-refractivity contribution in [3.63, 3.8) is 0 Å². The molecule has 1 atom stereocenters. The Labute approximate surface area is 101 Å². The summed E-state index contributed by atoms with van der Waals surface area (Å²) in [6, 6.07) is 0. The van der Waals surface area contributed by atoms with Gasteiger partial charge < -0.3 is 15.9 Å². The summed E-state index contributed by atoms with van der Waals surface area (Å²) in [6.07, 6.45) is -5.86. The molecule has 0 rings (SSSR count). The summed E-state index contributed by atoms with van der Waals surface area (Å²) in [6.45, 7) is 0.0866. The van der Waals surface area contributed by atoms with Crippen molar-refractivity contribution in [2.75, 3.05) is 20.7 Å². The Hall–Kier alpha value is -1.39. The molecule has 0 saturated heterocycles. The van der Waals surface area contributed by atoms with Crippen LogP contribution in [-0.2, 0) is 14.4 Å². The monoisotopic (exact) mass is 276 g/mol. The number of rotatable bonds is 4. The average molecular weight is 276 g/mol. The second-order valence-corrected chi connectivity index (χ2v) is 2.97. The zero-order chi connectivity index (χ0) is 14.9. The SMILES string of the molecule is CON(C)C(=O)CC(O)CN.O=C(O)C(F)(F)F. The van der Waals surface area contributed by atoms with Crippen LogP contribution >= 0.6 is 0 Å². The number of hydrogen-bond acceptors (Lipinski definition) is 5. The maximum Gasteiger partial charge on any atom is 0.490 e. The second-order valence-electron chi connectivity index (χ2n) is 2.97. The summed E-state index contributed by atoms with van der Waals surface area (Å²) >= 11 is 0. The van der Waals surface area contributed by atoms with E-state index >= 15 is 0 Å². The Morgan fingerprint density at radius 1 is 1.44 bits per heavy atom. The fourth-order valence-corrected chi connectivity index (χ4v) is 0.515. The highest BCUT2D eigenvalue weighted by atomic mass is 19.4. The van der Waals surface area contributed by atoms with Crippen molar-refractivity contribution >= 4 is 11.9 Å². The maximum atomic E-state index is 10.9. The highest BCUT2D eigenvalue weighted by Gasteiger charge is 2.38. The zero-order valence-electron chi connectivity index (χ0n) is 9.77. The lowest BCUT2D eigenvalue weighted by atomic mass is 10.2. The molecule has 0 bridgehead atoms. The molecule has 0 fully saturated rings. The number of alkyl halides is 3. The van der Waals surface area contributed by atoms with E-state index in [-0.39, 0.29) is 18.9 Å². The number of carboxylic acid groups (broad SMARTS) is 1. The van der Waals surface area contributed by atoms with Gasteiger partial charge in [-0.1, -0.05) is 0 Å². The molecule has 10 heteroatoms. The van der Waals surface area contributed by atoms with E-state index < -0.39 is 18.2 Å². The Balaban J connectivity index is 0. The first-order valence-corrected chi connectivity index (χ1v) is 4.55. The lowest BCUT2D eigenvalue weighted by Gasteiger charge is -2.15. The molecule has 0 radical (unpaired) electrons. The highest BCUT2D eigenvalue weighted by molar-refractivity contribution is 5.75. The predicted octanol–water partition coefficient (Wildman–Crippen LogP) is -0.651. The van der Waals surface area contributed by atoms with Crippen LogP contribution in [-0.4, -0.2) is 60.1 Å². The number of hydroxylamine groups is 2. The molecule has 1 amide bonds. The summed E-state index contributed by atoms with van der Waals surface area (Å²) in [7, 11) is 2.86. The van der Waals surface area contributed by atoms with E-state index in [2.05, 4.69) is 4.84 Å². The van der Waals surface area contributed by atoms with Crippen LogP contribution in [0.25, 0.3) is 0 Å². The Morgan fingerprint density at radius 2 is 1.83 bits per heavy atom. The van der Waals surface area contributed by atoms with Gasteiger partial charge in [0.25, 0.3) is 0 Å². The van der Waals surface area contributed by atoms with Gasteiger partial charge in [-0.25, -0.2) is 9.86 Å². The molecule has 0 aromatic carbocycles. The number of hydrogen-bond donors (Lipinski definition) is 3. The molecule has 0 aromatic heterocycles. The van der Waals surface area contributed by atoms with Gasteiger partial charge in [-0.2, -0.15) is 13.2 Å². The van der Waals surface area contributed by atoms with Gasteiger partial charge in [0.2, 0.25) is 5.91 Å². The third kappa shape index (κ3) is 9.81. The van der Waals surface area contributed by atoms with Gasteiger partial charge in [-0.05, 0) is 0 Å². The van der Waals surface area contributed by atoms with Crippen molar-refractivity contribution in [1.29, 1.82) is 0 Å². The number of nitrogens with two attached hydrogens (primary N) is 1. The van der Waals surface area contributed by atoms with Crippen LogP contribution < -0.4 is 5.73 Å². The summed E-state index contributed by atoms with van der Waals surface area (Å²) in [5, 5.41) is 17.1. The lowest BCUT2D eigenvalue weighted by Crippen LogP contribution is -2.31. The van der Waals surface area contributed by atoms with Crippen molar-refractivity contribution in [2.24, 2.45) is 5.73 Å². The molecule has 0 saturated carbocycles. The Bertz CT molecular complexity index is 272. The van der Waals surface area contributed by atoms with Crippen LogP contribution in [0.3, 0.4) is 0 Å². The third-order valence-electron chi connectivity index (χ3n) is 1.55. The van der Waals surface area contributed by atoms with Gasteiger partial charge in [-0.3, -0.25) is 9.63 Å². The first-order chi connectivity index (χ1) is 8.06. The van der Waals surface area contributed by atoms with Crippen molar-refractivity contribution in [3.05, 3.63) is 0 Å². The van der Waals surface area contributed by atoms with Crippen molar-refractivity contribution in [2.45, 2.75) is 18.7 Å². The van der Waals surface area contributed by atoms with Gasteiger partial charge in [0.1, 0.15) is 0 Å². The molecule has 4 N–H and O–H groups in total. The van der Waals surface area contributed by atoms with Crippen LogP contribution in [0.5, 0.6) is 0 Å². The fraction of sp³-hybridized carbons (Fsp3) is 0.750. The smallest absolute Gasteiger partial charge is 0.475 e. The zero-order valence-corrected chi connectivity index (χ0v) is 9.77. The molecule has 0 aromatic rings. The van der Waals surface area contributed by atoms with E-state index in [9.17, 15) is 18.0 Å². The van der Waals surface area contributed by atoms with Gasteiger partial charge in [0.15, 0.2) is 0 Å². The van der Waals surface area contributed by atoms with Crippen LogP contribution in [0.2, 0.25) is 0 Å². The molecule has 0 spiro atoms. The van der Waals surface area contributed by atoms with Crippen LogP contribution in [0, 0.1) is 0 Å². The maximum absolute atomic E-state index is 10.9. The number of aliphatic hydroxyl groups is 1. The molecule has 0 aliphatic carbocycles. The molecule has 0 heterocycles. The molecular weight excluding hydrogens is 261 g/mol. The number of amides is 1. The quantitative estimate of drug-likeness (QED) is 0.588. The van der Waals surface area contributed by atoms with Gasteiger partial charge in [0.05, 0.1) is 19.6 Å². The van der Waals surface area contributed by atoms with Gasteiger partial charge in [-0.15, -0.1) is 0 Å². The first-order valence-electron chi connectivity index (χ1n) is 4.55. The summed E-state index contributed by atoms with van der Waals surface area (Å²) in [5.74, 6) is -3.04. The lowest BCUT2D eigenvalue weighted by molar-refractivity contribution is -0.192.